The van der Waals surface area contributed by atoms with E-state index in [1.807, 2.05) is 24.8 Å². The van der Waals surface area contributed by atoms with Crippen LogP contribution in [0.25, 0.3) is 0 Å². The van der Waals surface area contributed by atoms with E-state index in [0.717, 1.165) is 31.4 Å². The van der Waals surface area contributed by atoms with Gasteiger partial charge in [0.1, 0.15) is 5.69 Å². The molecule has 1 aromatic heterocycles. The van der Waals surface area contributed by atoms with Crippen LogP contribution in [0.15, 0.2) is 29.3 Å². The molecule has 0 saturated heterocycles. The number of anilines is 5. The van der Waals surface area contributed by atoms with E-state index in [2.05, 4.69) is 20.6 Å². The zero-order chi connectivity index (χ0) is 24.6. The number of nitrogens with two attached hydrogens (primary N) is 1. The number of fused-ring (bicyclic) bond motifs is 1. The van der Waals surface area contributed by atoms with Crippen molar-refractivity contribution in [2.24, 2.45) is 5.73 Å². The van der Waals surface area contributed by atoms with Crippen LogP contribution < -0.4 is 26.2 Å². The number of nitrogens with zero attached hydrogens (tertiary/aromatic N) is 4. The highest BCUT2D eigenvalue weighted by molar-refractivity contribution is 7.90. The van der Waals surface area contributed by atoms with Crippen LogP contribution in [0.3, 0.4) is 0 Å². The van der Waals surface area contributed by atoms with Gasteiger partial charge in [0.05, 0.1) is 17.6 Å². The third-order valence-corrected chi connectivity index (χ3v) is 7.51. The van der Waals surface area contributed by atoms with Gasteiger partial charge in [0.25, 0.3) is 0 Å². The highest BCUT2D eigenvalue weighted by Crippen LogP contribution is 2.33. The molecule has 10 nitrogen and oxygen atoms in total. The molecule has 11 heteroatoms. The van der Waals surface area contributed by atoms with Gasteiger partial charge in [-0.2, -0.15) is 4.98 Å². The second kappa shape index (κ2) is 9.38. The highest BCUT2D eigenvalue weighted by atomic mass is 32.2. The van der Waals surface area contributed by atoms with Crippen LogP contribution in [0.5, 0.6) is 0 Å². The number of benzene rings is 1. The number of hydrogen-bond donors (Lipinski definition) is 3. The normalized spacial score (nSPS) is 20.9. The lowest BCUT2D eigenvalue weighted by Crippen LogP contribution is -2.47. The number of carbonyl (C=O) groups is 1. The molecule has 184 valence electrons. The Hall–Kier alpha value is -2.92. The van der Waals surface area contributed by atoms with Crippen molar-refractivity contribution in [2.75, 3.05) is 40.3 Å². The van der Waals surface area contributed by atoms with E-state index in [1.54, 1.807) is 30.3 Å². The standard InChI is InChI=1S/C23H33N7O3S/c1-14(2)30-13-21(31)29(3)20-12-25-23(28-22(20)30)27-18-9-17(10-19(11-18)34(4,32)33)26-16-7-5-15(24)6-8-16/h9-12,14-16,26H,5-8,13,24H2,1-4H3,(H,25,27,28). The van der Waals surface area contributed by atoms with E-state index in [0.29, 0.717) is 23.1 Å². The molecule has 1 amide bonds. The van der Waals surface area contributed by atoms with Gasteiger partial charge in [-0.1, -0.05) is 0 Å². The molecule has 34 heavy (non-hydrogen) atoms. The summed E-state index contributed by atoms with van der Waals surface area (Å²) in [6.07, 6.45) is 6.58. The molecule has 4 N–H and O–H groups in total. The molecule has 0 spiro atoms. The Kier molecular flexibility index (Phi) is 6.68. The average molecular weight is 488 g/mol. The maximum atomic E-state index is 12.4. The fourth-order valence-electron chi connectivity index (χ4n) is 4.36. The Morgan fingerprint density at radius 3 is 2.44 bits per heavy atom. The van der Waals surface area contributed by atoms with Gasteiger partial charge >= 0.3 is 0 Å². The molecule has 1 aliphatic heterocycles. The lowest BCUT2D eigenvalue weighted by Gasteiger charge is -2.36. The van der Waals surface area contributed by atoms with Crippen molar-refractivity contribution in [3.05, 3.63) is 24.4 Å². The molecular formula is C23H33N7O3S. The summed E-state index contributed by atoms with van der Waals surface area (Å²) in [7, 11) is -1.72. The molecule has 0 atom stereocenters. The fourth-order valence-corrected chi connectivity index (χ4v) is 5.04. The number of likely N-dealkylation sites (N-methyl/N-ethyl adjacent to an activating group) is 1. The van der Waals surface area contributed by atoms with Crippen LogP contribution >= 0.6 is 0 Å². The van der Waals surface area contributed by atoms with Gasteiger partial charge in [0, 0.05) is 42.8 Å². The molecule has 0 radical (unpaired) electrons. The second-order valence-corrected chi connectivity index (χ2v) is 11.5. The quantitative estimate of drug-likeness (QED) is 0.562. The summed E-state index contributed by atoms with van der Waals surface area (Å²) in [5.74, 6) is 0.962. The molecule has 1 aromatic carbocycles. The summed E-state index contributed by atoms with van der Waals surface area (Å²) in [5.41, 5.74) is 7.94. The van der Waals surface area contributed by atoms with Gasteiger partial charge in [-0.3, -0.25) is 4.79 Å². The first-order chi connectivity index (χ1) is 16.0. The van der Waals surface area contributed by atoms with Crippen LogP contribution in [0, 0.1) is 0 Å². The van der Waals surface area contributed by atoms with E-state index in [9.17, 15) is 13.2 Å². The third-order valence-electron chi connectivity index (χ3n) is 6.42. The van der Waals surface area contributed by atoms with E-state index in [1.165, 1.54) is 6.26 Å². The largest absolute Gasteiger partial charge is 0.382 e. The predicted molar refractivity (Wildman–Crippen MR) is 135 cm³/mol. The van der Waals surface area contributed by atoms with Crippen molar-refractivity contribution in [3.8, 4) is 0 Å². The Bertz CT molecular complexity index is 1180. The molecule has 1 saturated carbocycles. The molecule has 0 bridgehead atoms. The maximum absolute atomic E-state index is 12.4. The molecular weight excluding hydrogens is 454 g/mol. The minimum Gasteiger partial charge on any atom is -0.382 e. The van der Waals surface area contributed by atoms with Gasteiger partial charge in [0.15, 0.2) is 15.7 Å². The third kappa shape index (κ3) is 5.25. The lowest BCUT2D eigenvalue weighted by atomic mass is 9.91. The molecule has 1 aliphatic carbocycles. The van der Waals surface area contributed by atoms with Gasteiger partial charge in [-0.05, 0) is 57.7 Å². The van der Waals surface area contributed by atoms with E-state index in [-0.39, 0.29) is 35.5 Å². The van der Waals surface area contributed by atoms with Crippen LogP contribution in [0.4, 0.5) is 28.8 Å². The van der Waals surface area contributed by atoms with Gasteiger partial charge in [0.2, 0.25) is 11.9 Å². The van der Waals surface area contributed by atoms with Gasteiger partial charge < -0.3 is 26.2 Å². The maximum Gasteiger partial charge on any atom is 0.246 e. The van der Waals surface area contributed by atoms with Gasteiger partial charge in [-0.15, -0.1) is 0 Å². The first kappa shape index (κ1) is 24.2. The number of aromatic nitrogens is 2. The van der Waals surface area contributed by atoms with Crippen molar-refractivity contribution in [2.45, 2.75) is 62.6 Å². The molecule has 4 rings (SSSR count). The lowest BCUT2D eigenvalue weighted by molar-refractivity contribution is -0.117. The van der Waals surface area contributed by atoms with Crippen molar-refractivity contribution < 1.29 is 13.2 Å². The Balaban J connectivity index is 1.64. The Labute approximate surface area is 200 Å². The highest BCUT2D eigenvalue weighted by Gasteiger charge is 2.30. The first-order valence-corrected chi connectivity index (χ1v) is 13.4. The predicted octanol–water partition coefficient (Wildman–Crippen LogP) is 2.50. The summed E-state index contributed by atoms with van der Waals surface area (Å²) in [6.45, 7) is 4.24. The molecule has 2 heterocycles. The molecule has 2 aromatic rings. The minimum absolute atomic E-state index is 0.0225. The number of hydrogen-bond acceptors (Lipinski definition) is 9. The number of nitrogens with one attached hydrogen (secondary N) is 2. The average Bonchev–Trinajstić information content (AvgIpc) is 2.77. The number of carbonyl (C=O) groups excluding carboxylic acids is 1. The van der Waals surface area contributed by atoms with E-state index >= 15 is 0 Å². The van der Waals surface area contributed by atoms with Crippen molar-refractivity contribution in [1.82, 2.24) is 9.97 Å². The summed E-state index contributed by atoms with van der Waals surface area (Å²) in [6, 6.07) is 5.66. The second-order valence-electron chi connectivity index (χ2n) is 9.48. The molecule has 1 fully saturated rings. The van der Waals surface area contributed by atoms with Crippen molar-refractivity contribution in [3.63, 3.8) is 0 Å². The fraction of sp³-hybridized carbons (Fsp3) is 0.522. The number of sulfone groups is 1. The van der Waals surface area contributed by atoms with Crippen LogP contribution in [-0.2, 0) is 14.6 Å². The van der Waals surface area contributed by atoms with Gasteiger partial charge in [-0.25, -0.2) is 13.4 Å². The first-order valence-electron chi connectivity index (χ1n) is 11.6. The summed E-state index contributed by atoms with van der Waals surface area (Å²) >= 11 is 0. The summed E-state index contributed by atoms with van der Waals surface area (Å²) in [4.78, 5) is 25.1. The summed E-state index contributed by atoms with van der Waals surface area (Å²) in [5, 5.41) is 6.63. The van der Waals surface area contributed by atoms with Crippen LogP contribution in [0.2, 0.25) is 0 Å². The topological polar surface area (TPSA) is 134 Å². The number of amides is 1. The Morgan fingerprint density at radius 2 is 1.79 bits per heavy atom. The Morgan fingerprint density at radius 1 is 1.12 bits per heavy atom. The zero-order valence-electron chi connectivity index (χ0n) is 20.1. The van der Waals surface area contributed by atoms with Crippen LogP contribution in [0.1, 0.15) is 39.5 Å². The zero-order valence-corrected chi connectivity index (χ0v) is 20.9. The number of rotatable bonds is 6. The summed E-state index contributed by atoms with van der Waals surface area (Å²) < 4.78 is 24.7. The van der Waals surface area contributed by atoms with Crippen molar-refractivity contribution in [1.29, 1.82) is 0 Å². The minimum atomic E-state index is -3.43. The molecule has 2 aliphatic rings. The molecule has 0 unspecified atom stereocenters. The monoisotopic (exact) mass is 487 g/mol. The SMILES string of the molecule is CC(C)N1CC(=O)N(C)c2cnc(Nc3cc(NC4CCC(N)CC4)cc(S(C)(=O)=O)c3)nc21. The smallest absolute Gasteiger partial charge is 0.246 e. The van der Waals surface area contributed by atoms with Crippen LogP contribution in [-0.4, -0.2) is 62.3 Å². The van der Waals surface area contributed by atoms with E-state index < -0.39 is 9.84 Å². The van der Waals surface area contributed by atoms with E-state index in [4.69, 9.17) is 5.73 Å². The van der Waals surface area contributed by atoms with Crippen molar-refractivity contribution >= 4 is 44.6 Å².